The van der Waals surface area contributed by atoms with Gasteiger partial charge in [0, 0.05) is 44.6 Å². The lowest BCUT2D eigenvalue weighted by Gasteiger charge is -2.37. The summed E-state index contributed by atoms with van der Waals surface area (Å²) in [6.45, 7) is 1.64. The predicted octanol–water partition coefficient (Wildman–Crippen LogP) is 2.48. The lowest BCUT2D eigenvalue weighted by molar-refractivity contribution is -0.153. The first kappa shape index (κ1) is 26.9. The van der Waals surface area contributed by atoms with Gasteiger partial charge in [-0.3, -0.25) is 9.69 Å². The van der Waals surface area contributed by atoms with E-state index in [0.717, 1.165) is 0 Å². The molecule has 0 spiro atoms. The SMILES string of the molecule is C[C@@H]1CCC(=O)N(C[C@H](CC(O)N2CCc3c(nc(C(F)(F)F)nc3C(F)(F)F)C2)NC(=O)O)C1. The first-order valence-corrected chi connectivity index (χ1v) is 10.9. The molecule has 0 aliphatic carbocycles. The second-order valence-corrected chi connectivity index (χ2v) is 8.84. The van der Waals surface area contributed by atoms with Gasteiger partial charge in [0.2, 0.25) is 11.7 Å². The van der Waals surface area contributed by atoms with Gasteiger partial charge < -0.3 is 20.4 Å². The third kappa shape index (κ3) is 6.72. The monoisotopic (exact) mass is 513 g/mol. The summed E-state index contributed by atoms with van der Waals surface area (Å²) in [6, 6.07) is -0.917. The number of aliphatic hydroxyl groups is 1. The van der Waals surface area contributed by atoms with E-state index in [4.69, 9.17) is 5.11 Å². The zero-order valence-electron chi connectivity index (χ0n) is 18.7. The van der Waals surface area contributed by atoms with Crippen molar-refractivity contribution in [1.82, 2.24) is 25.1 Å². The summed E-state index contributed by atoms with van der Waals surface area (Å²) in [7, 11) is 0. The zero-order chi connectivity index (χ0) is 26.1. The molecule has 1 aromatic rings. The van der Waals surface area contributed by atoms with E-state index in [-0.39, 0.29) is 37.8 Å². The van der Waals surface area contributed by atoms with Crippen LogP contribution < -0.4 is 5.32 Å². The number of aromatic nitrogens is 2. The number of hydrogen-bond acceptors (Lipinski definition) is 6. The minimum absolute atomic E-state index is 0.0322. The highest BCUT2D eigenvalue weighted by atomic mass is 19.4. The number of halogens is 6. The largest absolute Gasteiger partial charge is 0.465 e. The number of amides is 2. The highest BCUT2D eigenvalue weighted by molar-refractivity contribution is 5.77. The molecule has 2 aliphatic rings. The molecule has 15 heteroatoms. The molecule has 0 aromatic carbocycles. The van der Waals surface area contributed by atoms with Crippen molar-refractivity contribution in [3.8, 4) is 0 Å². The van der Waals surface area contributed by atoms with Crippen molar-refractivity contribution in [1.29, 1.82) is 0 Å². The molecule has 3 heterocycles. The standard InChI is InChI=1S/C20H25F6N5O4/c1-10-2-3-14(32)31(7-10)8-11(27-18(34)35)6-15(33)30-5-4-12-13(9-30)28-17(20(24,25)26)29-16(12)19(21,22)23/h10-11,15,27,33H,2-9H2,1H3,(H,34,35)/t10-,11+,15?/m1/s1. The molecule has 1 saturated heterocycles. The Morgan fingerprint density at radius 2 is 1.86 bits per heavy atom. The van der Waals surface area contributed by atoms with Gasteiger partial charge in [0.15, 0.2) is 5.69 Å². The molecule has 0 radical (unpaired) electrons. The minimum Gasteiger partial charge on any atom is -0.465 e. The molecule has 0 saturated carbocycles. The number of alkyl halides is 6. The summed E-state index contributed by atoms with van der Waals surface area (Å²) in [5, 5.41) is 22.1. The fraction of sp³-hybridized carbons (Fsp3) is 0.700. The van der Waals surface area contributed by atoms with E-state index in [2.05, 4.69) is 15.3 Å². The van der Waals surface area contributed by atoms with E-state index < -0.39 is 60.0 Å². The van der Waals surface area contributed by atoms with Gasteiger partial charge in [-0.15, -0.1) is 0 Å². The number of fused-ring (bicyclic) bond motifs is 1. The molecule has 0 bridgehead atoms. The normalized spacial score (nSPS) is 21.4. The summed E-state index contributed by atoms with van der Waals surface area (Å²) >= 11 is 0. The van der Waals surface area contributed by atoms with Crippen LogP contribution in [0.15, 0.2) is 0 Å². The average Bonchev–Trinajstić information content (AvgIpc) is 2.73. The smallest absolute Gasteiger partial charge is 0.451 e. The van der Waals surface area contributed by atoms with E-state index in [9.17, 15) is 41.0 Å². The maximum absolute atomic E-state index is 13.4. The Morgan fingerprint density at radius 1 is 1.17 bits per heavy atom. The number of carbonyl (C=O) groups is 2. The van der Waals surface area contributed by atoms with Crippen LogP contribution in [-0.4, -0.2) is 73.9 Å². The van der Waals surface area contributed by atoms with E-state index in [1.165, 1.54) is 9.80 Å². The first-order chi connectivity index (χ1) is 16.1. The van der Waals surface area contributed by atoms with E-state index in [1.807, 2.05) is 6.92 Å². The lowest BCUT2D eigenvalue weighted by Crippen LogP contribution is -2.51. The Bertz CT molecular complexity index is 957. The van der Waals surface area contributed by atoms with Crippen molar-refractivity contribution in [3.05, 3.63) is 22.8 Å². The van der Waals surface area contributed by atoms with Crippen LogP contribution in [0.4, 0.5) is 31.1 Å². The summed E-state index contributed by atoms with van der Waals surface area (Å²) < 4.78 is 79.4. The van der Waals surface area contributed by atoms with Crippen LogP contribution in [0, 0.1) is 5.92 Å². The van der Waals surface area contributed by atoms with Gasteiger partial charge in [-0.25, -0.2) is 14.8 Å². The average molecular weight is 513 g/mol. The Kier molecular flexibility index (Phi) is 7.79. The quantitative estimate of drug-likeness (QED) is 0.500. The van der Waals surface area contributed by atoms with Crippen LogP contribution in [0.2, 0.25) is 0 Å². The van der Waals surface area contributed by atoms with Crippen LogP contribution in [0.5, 0.6) is 0 Å². The second-order valence-electron chi connectivity index (χ2n) is 8.84. The summed E-state index contributed by atoms with van der Waals surface area (Å²) in [5.74, 6) is -1.90. The first-order valence-electron chi connectivity index (χ1n) is 10.9. The van der Waals surface area contributed by atoms with E-state index in [0.29, 0.717) is 19.4 Å². The van der Waals surface area contributed by atoms with Gasteiger partial charge in [-0.05, 0) is 18.8 Å². The molecule has 1 fully saturated rings. The molecule has 3 rings (SSSR count). The molecule has 35 heavy (non-hydrogen) atoms. The van der Waals surface area contributed by atoms with Gasteiger partial charge in [0.1, 0.15) is 6.23 Å². The van der Waals surface area contributed by atoms with Crippen molar-refractivity contribution in [2.24, 2.45) is 5.92 Å². The molecular weight excluding hydrogens is 488 g/mol. The van der Waals surface area contributed by atoms with Crippen molar-refractivity contribution in [3.63, 3.8) is 0 Å². The van der Waals surface area contributed by atoms with Crippen molar-refractivity contribution < 1.29 is 46.1 Å². The summed E-state index contributed by atoms with van der Waals surface area (Å²) in [6.07, 6.45) is -12.8. The number of nitrogens with one attached hydrogen (secondary N) is 1. The molecule has 2 aliphatic heterocycles. The molecular formula is C20H25F6N5O4. The Hall–Kier alpha value is -2.68. The number of hydrogen-bond donors (Lipinski definition) is 3. The number of rotatable bonds is 6. The molecule has 1 unspecified atom stereocenters. The maximum atomic E-state index is 13.4. The number of carbonyl (C=O) groups excluding carboxylic acids is 1. The van der Waals surface area contributed by atoms with E-state index >= 15 is 0 Å². The van der Waals surface area contributed by atoms with Crippen molar-refractivity contribution >= 4 is 12.0 Å². The maximum Gasteiger partial charge on any atom is 0.451 e. The lowest BCUT2D eigenvalue weighted by atomic mass is 9.98. The Balaban J connectivity index is 1.78. The number of piperidine rings is 1. The van der Waals surface area contributed by atoms with Crippen molar-refractivity contribution in [2.45, 2.75) is 63.8 Å². The predicted molar refractivity (Wildman–Crippen MR) is 107 cm³/mol. The van der Waals surface area contributed by atoms with Crippen LogP contribution in [0.25, 0.3) is 0 Å². The fourth-order valence-corrected chi connectivity index (χ4v) is 4.36. The number of nitrogens with zero attached hydrogens (tertiary/aromatic N) is 4. The van der Waals surface area contributed by atoms with Crippen molar-refractivity contribution in [2.75, 3.05) is 19.6 Å². The molecule has 3 N–H and O–H groups in total. The highest BCUT2D eigenvalue weighted by Gasteiger charge is 2.44. The summed E-state index contributed by atoms with van der Waals surface area (Å²) in [5.41, 5.74) is -2.64. The zero-order valence-corrected chi connectivity index (χ0v) is 18.7. The number of carboxylic acid groups (broad SMARTS) is 1. The van der Waals surface area contributed by atoms with Gasteiger partial charge in [-0.1, -0.05) is 6.92 Å². The van der Waals surface area contributed by atoms with Gasteiger partial charge in [0.25, 0.3) is 0 Å². The fourth-order valence-electron chi connectivity index (χ4n) is 4.36. The summed E-state index contributed by atoms with van der Waals surface area (Å²) in [4.78, 5) is 32.1. The Morgan fingerprint density at radius 3 is 2.46 bits per heavy atom. The van der Waals surface area contributed by atoms with Crippen LogP contribution in [0.3, 0.4) is 0 Å². The third-order valence-electron chi connectivity index (χ3n) is 6.04. The second kappa shape index (κ2) is 10.1. The van der Waals surface area contributed by atoms with Gasteiger partial charge >= 0.3 is 18.4 Å². The molecule has 196 valence electrons. The number of likely N-dealkylation sites (tertiary alicyclic amines) is 1. The molecule has 1 aromatic heterocycles. The highest BCUT2D eigenvalue weighted by Crippen LogP contribution is 2.37. The van der Waals surface area contributed by atoms with Crippen LogP contribution in [0.1, 0.15) is 49.0 Å². The Labute approximate surface area is 196 Å². The van der Waals surface area contributed by atoms with Crippen LogP contribution >= 0.6 is 0 Å². The minimum atomic E-state index is -5.20. The van der Waals surface area contributed by atoms with E-state index in [1.54, 1.807) is 0 Å². The van der Waals surface area contributed by atoms with Gasteiger partial charge in [-0.2, -0.15) is 26.3 Å². The topological polar surface area (TPSA) is 119 Å². The van der Waals surface area contributed by atoms with Gasteiger partial charge in [0.05, 0.1) is 11.7 Å². The van der Waals surface area contributed by atoms with Crippen LogP contribution in [-0.2, 0) is 30.1 Å². The molecule has 2 amide bonds. The molecule has 3 atom stereocenters. The number of aliphatic hydroxyl groups excluding tert-OH is 1. The molecule has 9 nitrogen and oxygen atoms in total. The third-order valence-corrected chi connectivity index (χ3v) is 6.04.